The number of aryl methyl sites for hydroxylation is 1. The van der Waals surface area contributed by atoms with Crippen LogP contribution in [-0.4, -0.2) is 25.2 Å². The van der Waals surface area contributed by atoms with Gasteiger partial charge in [-0.25, -0.2) is 4.39 Å². The van der Waals surface area contributed by atoms with Crippen molar-refractivity contribution in [3.8, 4) is 0 Å². The maximum Gasteiger partial charge on any atom is 0.324 e. The fourth-order valence-electron chi connectivity index (χ4n) is 1.72. The van der Waals surface area contributed by atoms with E-state index in [9.17, 15) is 14.0 Å². The molecule has 0 atom stereocenters. The zero-order chi connectivity index (χ0) is 14.4. The highest BCUT2D eigenvalue weighted by Crippen LogP contribution is 2.24. The highest BCUT2D eigenvalue weighted by Gasteiger charge is 2.32. The van der Waals surface area contributed by atoms with Gasteiger partial charge in [0.15, 0.2) is 5.92 Å². The molecule has 4 nitrogen and oxygen atoms in total. The molecule has 0 spiro atoms. The van der Waals surface area contributed by atoms with E-state index in [1.165, 1.54) is 12.1 Å². The maximum atomic E-state index is 13.3. The Labute approximate surface area is 111 Å². The first-order valence-corrected chi connectivity index (χ1v) is 6.10. The lowest BCUT2D eigenvalue weighted by molar-refractivity contribution is -0.156. The van der Waals surface area contributed by atoms with Crippen LogP contribution < -0.4 is 0 Å². The van der Waals surface area contributed by atoms with E-state index in [0.717, 1.165) is 6.07 Å². The second kappa shape index (κ2) is 6.87. The van der Waals surface area contributed by atoms with Gasteiger partial charge in [-0.3, -0.25) is 9.59 Å². The average Bonchev–Trinajstić information content (AvgIpc) is 2.34. The summed E-state index contributed by atoms with van der Waals surface area (Å²) in [6, 6.07) is 3.94. The molecule has 0 saturated heterocycles. The Morgan fingerprint density at radius 1 is 1.16 bits per heavy atom. The molecule has 0 heterocycles. The molecule has 0 unspecified atom stereocenters. The Bertz CT molecular complexity index is 453. The SMILES string of the molecule is CCOC(=O)C(C(=O)OCC)c1cc(F)ccc1C. The molecule has 0 aromatic heterocycles. The van der Waals surface area contributed by atoms with Crippen LogP contribution in [0.25, 0.3) is 0 Å². The lowest BCUT2D eigenvalue weighted by Crippen LogP contribution is -2.27. The van der Waals surface area contributed by atoms with Crippen LogP contribution in [0.2, 0.25) is 0 Å². The number of rotatable bonds is 5. The monoisotopic (exact) mass is 268 g/mol. The molecular weight excluding hydrogens is 251 g/mol. The zero-order valence-electron chi connectivity index (χ0n) is 11.2. The zero-order valence-corrected chi connectivity index (χ0v) is 11.2. The number of esters is 2. The standard InChI is InChI=1S/C14H17FO4/c1-4-18-13(16)12(14(17)19-5-2)11-8-10(15)7-6-9(11)3/h6-8,12H,4-5H2,1-3H3. The molecule has 0 bridgehead atoms. The third-order valence-corrected chi connectivity index (χ3v) is 2.60. The molecule has 104 valence electrons. The normalized spacial score (nSPS) is 10.4. The van der Waals surface area contributed by atoms with Gasteiger partial charge in [-0.2, -0.15) is 0 Å². The van der Waals surface area contributed by atoms with Crippen LogP contribution in [-0.2, 0) is 19.1 Å². The van der Waals surface area contributed by atoms with Crippen LogP contribution in [0.1, 0.15) is 30.9 Å². The van der Waals surface area contributed by atoms with Crippen LogP contribution in [0.3, 0.4) is 0 Å². The summed E-state index contributed by atoms with van der Waals surface area (Å²) < 4.78 is 23.0. The Morgan fingerprint density at radius 3 is 2.16 bits per heavy atom. The van der Waals surface area contributed by atoms with E-state index in [1.54, 1.807) is 20.8 Å². The van der Waals surface area contributed by atoms with Gasteiger partial charge in [0.2, 0.25) is 0 Å². The van der Waals surface area contributed by atoms with Crippen LogP contribution in [0, 0.1) is 12.7 Å². The van der Waals surface area contributed by atoms with E-state index in [4.69, 9.17) is 9.47 Å². The summed E-state index contributed by atoms with van der Waals surface area (Å²) in [5.41, 5.74) is 0.907. The van der Waals surface area contributed by atoms with Gasteiger partial charge < -0.3 is 9.47 Å². The fourth-order valence-corrected chi connectivity index (χ4v) is 1.72. The third kappa shape index (κ3) is 3.77. The van der Waals surface area contributed by atoms with Gasteiger partial charge in [0.25, 0.3) is 0 Å². The summed E-state index contributed by atoms with van der Waals surface area (Å²) in [6.07, 6.45) is 0. The van der Waals surface area contributed by atoms with Crippen molar-refractivity contribution in [3.63, 3.8) is 0 Å². The predicted octanol–water partition coefficient (Wildman–Crippen LogP) is 2.34. The average molecular weight is 268 g/mol. The van der Waals surface area contributed by atoms with Crippen molar-refractivity contribution in [2.24, 2.45) is 0 Å². The molecule has 1 aromatic rings. The van der Waals surface area contributed by atoms with Crippen LogP contribution in [0.5, 0.6) is 0 Å². The van der Waals surface area contributed by atoms with Crippen molar-refractivity contribution in [2.45, 2.75) is 26.7 Å². The lowest BCUT2D eigenvalue weighted by Gasteiger charge is -2.16. The predicted molar refractivity (Wildman–Crippen MR) is 67.1 cm³/mol. The van der Waals surface area contributed by atoms with Gasteiger partial charge >= 0.3 is 11.9 Å². The molecule has 1 rings (SSSR count). The summed E-state index contributed by atoms with van der Waals surface area (Å²) in [4.78, 5) is 23.8. The molecule has 0 aliphatic carbocycles. The number of hydrogen-bond donors (Lipinski definition) is 0. The fraction of sp³-hybridized carbons (Fsp3) is 0.429. The smallest absolute Gasteiger partial charge is 0.324 e. The first kappa shape index (κ1) is 15.1. The van der Waals surface area contributed by atoms with Gasteiger partial charge in [0.05, 0.1) is 13.2 Å². The highest BCUT2D eigenvalue weighted by molar-refractivity contribution is 6.01. The summed E-state index contributed by atoms with van der Waals surface area (Å²) in [5.74, 6) is -3.21. The van der Waals surface area contributed by atoms with Crippen molar-refractivity contribution in [2.75, 3.05) is 13.2 Å². The van der Waals surface area contributed by atoms with E-state index < -0.39 is 23.7 Å². The van der Waals surface area contributed by atoms with E-state index in [2.05, 4.69) is 0 Å². The first-order valence-electron chi connectivity index (χ1n) is 6.10. The number of hydrogen-bond acceptors (Lipinski definition) is 4. The second-order valence-corrected chi connectivity index (χ2v) is 3.94. The van der Waals surface area contributed by atoms with Gasteiger partial charge in [-0.15, -0.1) is 0 Å². The first-order chi connectivity index (χ1) is 9.01. The Morgan fingerprint density at radius 2 is 1.68 bits per heavy atom. The summed E-state index contributed by atoms with van der Waals surface area (Å²) in [6.45, 7) is 5.25. The Balaban J connectivity index is 3.18. The van der Waals surface area contributed by atoms with Crippen molar-refractivity contribution < 1.29 is 23.5 Å². The summed E-state index contributed by atoms with van der Waals surface area (Å²) >= 11 is 0. The molecule has 1 aromatic carbocycles. The highest BCUT2D eigenvalue weighted by atomic mass is 19.1. The van der Waals surface area contributed by atoms with E-state index >= 15 is 0 Å². The van der Waals surface area contributed by atoms with Crippen LogP contribution in [0.15, 0.2) is 18.2 Å². The van der Waals surface area contributed by atoms with Crippen molar-refractivity contribution in [1.29, 1.82) is 0 Å². The number of ether oxygens (including phenoxy) is 2. The summed E-state index contributed by atoms with van der Waals surface area (Å²) in [7, 11) is 0. The largest absolute Gasteiger partial charge is 0.465 e. The number of halogens is 1. The minimum atomic E-state index is -1.24. The molecule has 0 saturated carbocycles. The summed E-state index contributed by atoms with van der Waals surface area (Å²) in [5, 5.41) is 0. The molecule has 0 N–H and O–H groups in total. The molecule has 19 heavy (non-hydrogen) atoms. The molecule has 0 aliphatic rings. The van der Waals surface area contributed by atoms with Crippen molar-refractivity contribution in [1.82, 2.24) is 0 Å². The Kier molecular flexibility index (Phi) is 5.48. The minimum absolute atomic E-state index is 0.142. The van der Waals surface area contributed by atoms with Crippen molar-refractivity contribution in [3.05, 3.63) is 35.1 Å². The van der Waals surface area contributed by atoms with Crippen LogP contribution in [0.4, 0.5) is 4.39 Å². The minimum Gasteiger partial charge on any atom is -0.465 e. The molecular formula is C14H17FO4. The molecule has 0 radical (unpaired) electrons. The third-order valence-electron chi connectivity index (χ3n) is 2.60. The number of carbonyl (C=O) groups excluding carboxylic acids is 2. The Hall–Kier alpha value is -1.91. The van der Waals surface area contributed by atoms with Crippen molar-refractivity contribution >= 4 is 11.9 Å². The maximum absolute atomic E-state index is 13.3. The topological polar surface area (TPSA) is 52.6 Å². The quantitative estimate of drug-likeness (QED) is 0.607. The van der Waals surface area contributed by atoms with Gasteiger partial charge in [-0.1, -0.05) is 6.07 Å². The van der Waals surface area contributed by atoms with E-state index in [1.807, 2.05) is 0 Å². The number of benzene rings is 1. The van der Waals surface area contributed by atoms with Crippen LogP contribution >= 0.6 is 0 Å². The molecule has 0 amide bonds. The molecule has 0 aliphatic heterocycles. The van der Waals surface area contributed by atoms with Gasteiger partial charge in [0.1, 0.15) is 5.82 Å². The van der Waals surface area contributed by atoms with Gasteiger partial charge in [0, 0.05) is 0 Å². The molecule has 5 heteroatoms. The lowest BCUT2D eigenvalue weighted by atomic mass is 9.94. The second-order valence-electron chi connectivity index (χ2n) is 3.94. The number of carbonyl (C=O) groups is 2. The van der Waals surface area contributed by atoms with Gasteiger partial charge in [-0.05, 0) is 44.0 Å². The molecule has 0 fully saturated rings. The van der Waals surface area contributed by atoms with E-state index in [0.29, 0.717) is 5.56 Å². The van der Waals surface area contributed by atoms with E-state index in [-0.39, 0.29) is 18.8 Å².